The average molecular weight is 479 g/mol. The van der Waals surface area contributed by atoms with Crippen molar-refractivity contribution in [3.05, 3.63) is 58.6 Å². The zero-order valence-electron chi connectivity index (χ0n) is 17.7. The highest BCUT2D eigenvalue weighted by molar-refractivity contribution is 9.10. The Balaban J connectivity index is 0.00000300. The molecule has 0 saturated carbocycles. The highest BCUT2D eigenvalue weighted by atomic mass is 79.9. The van der Waals surface area contributed by atoms with Gasteiger partial charge < -0.3 is 5.11 Å². The van der Waals surface area contributed by atoms with E-state index in [4.69, 9.17) is 0 Å². The summed E-state index contributed by atoms with van der Waals surface area (Å²) in [5, 5.41) is 16.0. The molecule has 0 aliphatic heterocycles. The molecule has 0 aliphatic carbocycles. The van der Waals surface area contributed by atoms with Crippen LogP contribution in [-0.2, 0) is 0 Å². The highest BCUT2D eigenvalue weighted by Gasteiger charge is 2.23. The van der Waals surface area contributed by atoms with Crippen molar-refractivity contribution < 1.29 is 5.11 Å². The van der Waals surface area contributed by atoms with Crippen molar-refractivity contribution in [1.29, 1.82) is 0 Å². The number of aliphatic hydroxyl groups is 1. The van der Waals surface area contributed by atoms with Gasteiger partial charge in [-0.2, -0.15) is 0 Å². The minimum Gasteiger partial charge on any atom is -0.387 e. The summed E-state index contributed by atoms with van der Waals surface area (Å²) in [5.41, 5.74) is 1.01. The first kappa shape index (κ1) is 24.1. The molecule has 4 heteroatoms. The maximum absolute atomic E-state index is 11.2. The largest absolute Gasteiger partial charge is 0.387 e. The minimum atomic E-state index is -0.486. The molecule has 0 fully saturated rings. The summed E-state index contributed by atoms with van der Waals surface area (Å²) in [6.07, 6.45) is 4.24. The van der Waals surface area contributed by atoms with Crippen LogP contribution in [0.4, 0.5) is 0 Å². The van der Waals surface area contributed by atoms with E-state index in [9.17, 15) is 5.11 Å². The van der Waals surface area contributed by atoms with Crippen molar-refractivity contribution in [2.24, 2.45) is 0 Å². The molecule has 29 heavy (non-hydrogen) atoms. The Bertz CT molecular complexity index is 921. The van der Waals surface area contributed by atoms with Gasteiger partial charge in [0.1, 0.15) is 0 Å². The summed E-state index contributed by atoms with van der Waals surface area (Å²) < 4.78 is 1.11. The molecule has 0 bridgehead atoms. The van der Waals surface area contributed by atoms with Gasteiger partial charge in [0.25, 0.3) is 0 Å². The molecule has 0 aliphatic rings. The fourth-order valence-corrected chi connectivity index (χ4v) is 4.57. The summed E-state index contributed by atoms with van der Waals surface area (Å²) in [4.78, 5) is 2.46. The molecule has 158 valence electrons. The number of rotatable bonds is 9. The molecule has 0 saturated heterocycles. The normalized spacial score (nSPS) is 13.6. The highest BCUT2D eigenvalue weighted by Crippen LogP contribution is 2.34. The molecule has 2 nitrogen and oxygen atoms in total. The fraction of sp³-hybridized carbons (Fsp3) is 0.440. The molecule has 0 radical (unpaired) electrons. The van der Waals surface area contributed by atoms with Gasteiger partial charge in [-0.05, 0) is 72.1 Å². The molecule has 1 N–H and O–H groups in total. The second-order valence-electron chi connectivity index (χ2n) is 7.81. The predicted molar refractivity (Wildman–Crippen MR) is 132 cm³/mol. The number of fused-ring (bicyclic) bond motifs is 3. The van der Waals surface area contributed by atoms with Gasteiger partial charge in [0.15, 0.2) is 0 Å². The Labute approximate surface area is 189 Å². The Hall–Kier alpha value is -1.13. The average Bonchev–Trinajstić information content (AvgIpc) is 2.73. The standard InChI is InChI=1S/C25H32BrNO.ClH/c1-4-6-14-27(15-7-5-2)18(3)25(28)20-13-12-19-17-24(26)22-11-9-8-10-21(22)23(19)16-20;/h8-13,16-18,25,28H,4-7,14-15H2,1-3H3;1H. The Morgan fingerprint density at radius 1 is 0.897 bits per heavy atom. The zero-order valence-corrected chi connectivity index (χ0v) is 20.1. The summed E-state index contributed by atoms with van der Waals surface area (Å²) in [6.45, 7) is 8.73. The third-order valence-electron chi connectivity index (χ3n) is 5.81. The van der Waals surface area contributed by atoms with Crippen LogP contribution >= 0.6 is 28.3 Å². The summed E-state index contributed by atoms with van der Waals surface area (Å²) in [7, 11) is 0. The summed E-state index contributed by atoms with van der Waals surface area (Å²) in [5.74, 6) is 0. The van der Waals surface area contributed by atoms with E-state index in [-0.39, 0.29) is 18.4 Å². The van der Waals surface area contributed by atoms with E-state index in [1.807, 2.05) is 0 Å². The van der Waals surface area contributed by atoms with Crippen molar-refractivity contribution >= 4 is 49.9 Å². The van der Waals surface area contributed by atoms with E-state index < -0.39 is 6.10 Å². The monoisotopic (exact) mass is 477 g/mol. The molecule has 3 aromatic carbocycles. The van der Waals surface area contributed by atoms with Gasteiger partial charge in [0, 0.05) is 10.5 Å². The molecule has 2 atom stereocenters. The quantitative estimate of drug-likeness (QED) is 0.322. The van der Waals surface area contributed by atoms with E-state index in [1.54, 1.807) is 0 Å². The lowest BCUT2D eigenvalue weighted by atomic mass is 9.95. The van der Waals surface area contributed by atoms with Crippen molar-refractivity contribution in [3.8, 4) is 0 Å². The lowest BCUT2D eigenvalue weighted by molar-refractivity contribution is 0.0561. The Morgan fingerprint density at radius 2 is 1.52 bits per heavy atom. The third kappa shape index (κ3) is 5.52. The summed E-state index contributed by atoms with van der Waals surface area (Å²) in [6, 6.07) is 17.1. The first-order valence-electron chi connectivity index (χ1n) is 10.6. The Kier molecular flexibility index (Phi) is 9.42. The Morgan fingerprint density at radius 3 is 2.14 bits per heavy atom. The maximum atomic E-state index is 11.2. The fourth-order valence-electron chi connectivity index (χ4n) is 3.98. The maximum Gasteiger partial charge on any atom is 0.0942 e. The number of hydrogen-bond acceptors (Lipinski definition) is 2. The van der Waals surface area contributed by atoms with Crippen LogP contribution in [0.2, 0.25) is 0 Å². The van der Waals surface area contributed by atoms with Crippen LogP contribution in [0.5, 0.6) is 0 Å². The van der Waals surface area contributed by atoms with E-state index in [1.165, 1.54) is 47.2 Å². The molecule has 0 heterocycles. The number of halogens is 2. The van der Waals surface area contributed by atoms with Crippen LogP contribution in [0.25, 0.3) is 21.5 Å². The lowest BCUT2D eigenvalue weighted by Gasteiger charge is -2.32. The van der Waals surface area contributed by atoms with Crippen LogP contribution in [0.15, 0.2) is 53.0 Å². The first-order valence-corrected chi connectivity index (χ1v) is 11.4. The third-order valence-corrected chi connectivity index (χ3v) is 6.46. The van der Waals surface area contributed by atoms with E-state index in [2.05, 4.69) is 90.1 Å². The molecular weight excluding hydrogens is 446 g/mol. The van der Waals surface area contributed by atoms with Crippen LogP contribution in [0.1, 0.15) is 58.1 Å². The molecule has 0 amide bonds. The lowest BCUT2D eigenvalue weighted by Crippen LogP contribution is -2.39. The van der Waals surface area contributed by atoms with Crippen molar-refractivity contribution in [3.63, 3.8) is 0 Å². The second-order valence-corrected chi connectivity index (χ2v) is 8.67. The number of nitrogens with zero attached hydrogens (tertiary/aromatic N) is 1. The SMILES string of the molecule is CCCCN(CCCC)C(C)C(O)c1ccc2cc(Br)c3ccccc3c2c1.Cl. The van der Waals surface area contributed by atoms with Gasteiger partial charge in [0.05, 0.1) is 6.10 Å². The predicted octanol–water partition coefficient (Wildman–Crippen LogP) is 7.50. The van der Waals surface area contributed by atoms with Gasteiger partial charge in [-0.25, -0.2) is 0 Å². The summed E-state index contributed by atoms with van der Waals surface area (Å²) >= 11 is 3.70. The van der Waals surface area contributed by atoms with Gasteiger partial charge in [-0.15, -0.1) is 12.4 Å². The molecule has 2 unspecified atom stereocenters. The van der Waals surface area contributed by atoms with Crippen molar-refractivity contribution in [2.45, 2.75) is 58.6 Å². The van der Waals surface area contributed by atoms with Crippen LogP contribution < -0.4 is 0 Å². The molecule has 0 spiro atoms. The molecule has 3 rings (SSSR count). The van der Waals surface area contributed by atoms with Crippen LogP contribution in [-0.4, -0.2) is 29.1 Å². The first-order chi connectivity index (χ1) is 13.6. The second kappa shape index (κ2) is 11.3. The number of hydrogen-bond donors (Lipinski definition) is 1. The van der Waals surface area contributed by atoms with E-state index in [0.717, 1.165) is 23.1 Å². The topological polar surface area (TPSA) is 23.5 Å². The van der Waals surface area contributed by atoms with Crippen LogP contribution in [0, 0.1) is 0 Å². The number of aliphatic hydroxyl groups excluding tert-OH is 1. The van der Waals surface area contributed by atoms with Crippen molar-refractivity contribution in [1.82, 2.24) is 4.90 Å². The smallest absolute Gasteiger partial charge is 0.0942 e. The van der Waals surface area contributed by atoms with Crippen LogP contribution in [0.3, 0.4) is 0 Å². The number of unbranched alkanes of at least 4 members (excludes halogenated alkanes) is 2. The minimum absolute atomic E-state index is 0. The molecular formula is C25H33BrClNO. The van der Waals surface area contributed by atoms with E-state index >= 15 is 0 Å². The van der Waals surface area contributed by atoms with Gasteiger partial charge in [-0.3, -0.25) is 4.90 Å². The van der Waals surface area contributed by atoms with Crippen molar-refractivity contribution in [2.75, 3.05) is 13.1 Å². The zero-order chi connectivity index (χ0) is 20.1. The van der Waals surface area contributed by atoms with Gasteiger partial charge in [-0.1, -0.05) is 79.0 Å². The van der Waals surface area contributed by atoms with Gasteiger partial charge in [0.2, 0.25) is 0 Å². The van der Waals surface area contributed by atoms with Gasteiger partial charge >= 0.3 is 0 Å². The molecule has 3 aromatic rings. The number of benzene rings is 3. The molecule has 0 aromatic heterocycles. The van der Waals surface area contributed by atoms with E-state index in [0.29, 0.717) is 0 Å².